The summed E-state index contributed by atoms with van der Waals surface area (Å²) in [4.78, 5) is 39.2. The molecule has 3 aromatic rings. The smallest absolute Gasteiger partial charge is 0.224 e. The Morgan fingerprint density at radius 2 is 1.85 bits per heavy atom. The van der Waals surface area contributed by atoms with Gasteiger partial charge in [-0.2, -0.15) is 0 Å². The van der Waals surface area contributed by atoms with Gasteiger partial charge in [0.1, 0.15) is 21.8 Å². The number of pyridine rings is 1. The third kappa shape index (κ3) is 5.70. The molecular formula is C23H27N5O4S. The first-order chi connectivity index (χ1) is 16.1. The number of ether oxygens (including phenoxy) is 2. The fourth-order valence-electron chi connectivity index (χ4n) is 3.73. The molecule has 1 aromatic carbocycles. The first-order valence-corrected chi connectivity index (χ1v) is 11.6. The number of benzene rings is 1. The first-order valence-electron chi connectivity index (χ1n) is 10.8. The lowest BCUT2D eigenvalue weighted by Crippen LogP contribution is -2.35. The maximum atomic E-state index is 12.8. The zero-order valence-corrected chi connectivity index (χ0v) is 19.6. The number of rotatable bonds is 7. The molecule has 4 rings (SSSR count). The lowest BCUT2D eigenvalue weighted by molar-refractivity contribution is -0.132. The van der Waals surface area contributed by atoms with E-state index in [1.807, 2.05) is 17.0 Å². The van der Waals surface area contributed by atoms with Crippen LogP contribution in [0.3, 0.4) is 0 Å². The van der Waals surface area contributed by atoms with Crippen LogP contribution in [0, 0.1) is 0 Å². The van der Waals surface area contributed by atoms with Crippen molar-refractivity contribution in [1.82, 2.24) is 14.9 Å². The van der Waals surface area contributed by atoms with Gasteiger partial charge in [0.2, 0.25) is 11.8 Å². The van der Waals surface area contributed by atoms with Crippen molar-refractivity contribution in [2.75, 3.05) is 50.6 Å². The van der Waals surface area contributed by atoms with E-state index in [1.54, 1.807) is 50.0 Å². The molecule has 2 amide bonds. The Balaban J connectivity index is 1.28. The summed E-state index contributed by atoms with van der Waals surface area (Å²) in [5.74, 6) is 0.927. The minimum absolute atomic E-state index is 0.0128. The Morgan fingerprint density at radius 3 is 2.58 bits per heavy atom. The van der Waals surface area contributed by atoms with Crippen LogP contribution in [0.1, 0.15) is 19.3 Å². The van der Waals surface area contributed by atoms with Gasteiger partial charge in [0, 0.05) is 69.1 Å². The Bertz CT molecular complexity index is 1080. The Morgan fingerprint density at radius 1 is 1.06 bits per heavy atom. The molecule has 0 saturated carbocycles. The second kappa shape index (κ2) is 10.5. The molecule has 0 unspecified atom stereocenters. The van der Waals surface area contributed by atoms with Crippen molar-refractivity contribution in [3.05, 3.63) is 36.5 Å². The number of hydrogen-bond donors (Lipinski definition) is 1. The molecule has 0 spiro atoms. The van der Waals surface area contributed by atoms with E-state index in [9.17, 15) is 9.59 Å². The fourth-order valence-corrected chi connectivity index (χ4v) is 4.69. The van der Waals surface area contributed by atoms with Crippen molar-refractivity contribution >= 4 is 44.3 Å². The van der Waals surface area contributed by atoms with Crippen LogP contribution < -0.4 is 19.7 Å². The molecule has 0 aliphatic carbocycles. The van der Waals surface area contributed by atoms with Gasteiger partial charge in [-0.25, -0.2) is 9.97 Å². The van der Waals surface area contributed by atoms with Crippen LogP contribution in [0.15, 0.2) is 36.5 Å². The van der Waals surface area contributed by atoms with E-state index in [0.717, 1.165) is 28.4 Å². The highest BCUT2D eigenvalue weighted by Gasteiger charge is 2.22. The summed E-state index contributed by atoms with van der Waals surface area (Å²) in [5.41, 5.74) is 1.47. The van der Waals surface area contributed by atoms with Crippen LogP contribution in [0.2, 0.25) is 0 Å². The highest BCUT2D eigenvalue weighted by atomic mass is 32.1. The standard InChI is InChI=1S/C23H27N5O4S/c1-31-17-13-16(14-18(15-17)32-2)25-20(29)6-7-21(30)27-9-4-10-28(12-11-27)23-26-19-5-3-8-24-22(19)33-23/h3,5,8,13-15H,4,6-7,9-12H2,1-2H3,(H,25,29). The van der Waals surface area contributed by atoms with Gasteiger partial charge in [0.15, 0.2) is 5.13 Å². The average Bonchev–Trinajstić information content (AvgIpc) is 3.11. The molecule has 2 aromatic heterocycles. The van der Waals surface area contributed by atoms with Gasteiger partial charge in [-0.3, -0.25) is 9.59 Å². The molecule has 0 atom stereocenters. The topological polar surface area (TPSA) is 96.9 Å². The molecule has 1 saturated heterocycles. The molecule has 1 N–H and O–H groups in total. The maximum absolute atomic E-state index is 12.8. The minimum atomic E-state index is -0.225. The second-order valence-electron chi connectivity index (χ2n) is 7.70. The predicted molar refractivity (Wildman–Crippen MR) is 128 cm³/mol. The molecule has 174 valence electrons. The zero-order valence-electron chi connectivity index (χ0n) is 18.7. The third-order valence-electron chi connectivity index (χ3n) is 5.48. The Labute approximate surface area is 196 Å². The van der Waals surface area contributed by atoms with Crippen molar-refractivity contribution in [3.8, 4) is 11.5 Å². The number of aromatic nitrogens is 2. The molecule has 33 heavy (non-hydrogen) atoms. The molecule has 10 heteroatoms. The van der Waals surface area contributed by atoms with Crippen molar-refractivity contribution in [2.24, 2.45) is 0 Å². The van der Waals surface area contributed by atoms with Gasteiger partial charge in [-0.15, -0.1) is 0 Å². The number of hydrogen-bond acceptors (Lipinski definition) is 8. The largest absolute Gasteiger partial charge is 0.497 e. The van der Waals surface area contributed by atoms with Gasteiger partial charge in [0.25, 0.3) is 0 Å². The van der Waals surface area contributed by atoms with Gasteiger partial charge >= 0.3 is 0 Å². The van der Waals surface area contributed by atoms with E-state index in [1.165, 1.54) is 0 Å². The van der Waals surface area contributed by atoms with Crippen LogP contribution in [0.4, 0.5) is 10.8 Å². The van der Waals surface area contributed by atoms with Crippen molar-refractivity contribution in [3.63, 3.8) is 0 Å². The molecule has 3 heterocycles. The zero-order chi connectivity index (χ0) is 23.2. The molecule has 0 bridgehead atoms. The molecule has 1 fully saturated rings. The highest BCUT2D eigenvalue weighted by Crippen LogP contribution is 2.28. The van der Waals surface area contributed by atoms with Gasteiger partial charge in [-0.05, 0) is 18.6 Å². The lowest BCUT2D eigenvalue weighted by Gasteiger charge is -2.21. The predicted octanol–water partition coefficient (Wildman–Crippen LogP) is 3.17. The van der Waals surface area contributed by atoms with E-state index >= 15 is 0 Å². The second-order valence-corrected chi connectivity index (χ2v) is 8.65. The van der Waals surface area contributed by atoms with E-state index in [4.69, 9.17) is 9.47 Å². The lowest BCUT2D eigenvalue weighted by atomic mass is 10.2. The number of fused-ring (bicyclic) bond motifs is 1. The van der Waals surface area contributed by atoms with E-state index < -0.39 is 0 Å². The molecular weight excluding hydrogens is 442 g/mol. The van der Waals surface area contributed by atoms with Crippen LogP contribution in [-0.4, -0.2) is 67.1 Å². The van der Waals surface area contributed by atoms with Crippen LogP contribution in [0.25, 0.3) is 10.3 Å². The van der Waals surface area contributed by atoms with Gasteiger partial charge in [0.05, 0.1) is 14.2 Å². The van der Waals surface area contributed by atoms with Crippen LogP contribution >= 0.6 is 11.3 Å². The van der Waals surface area contributed by atoms with Gasteiger partial charge < -0.3 is 24.6 Å². The highest BCUT2D eigenvalue weighted by molar-refractivity contribution is 7.21. The molecule has 1 aliphatic heterocycles. The van der Waals surface area contributed by atoms with Crippen molar-refractivity contribution in [1.29, 1.82) is 0 Å². The van der Waals surface area contributed by atoms with Crippen molar-refractivity contribution < 1.29 is 19.1 Å². The number of anilines is 2. The summed E-state index contributed by atoms with van der Waals surface area (Å²) >= 11 is 1.57. The Kier molecular flexibility index (Phi) is 7.23. The normalized spacial score (nSPS) is 14.1. The number of carbonyl (C=O) groups is 2. The quantitative estimate of drug-likeness (QED) is 0.568. The summed E-state index contributed by atoms with van der Waals surface area (Å²) in [6, 6.07) is 9.00. The summed E-state index contributed by atoms with van der Waals surface area (Å²) in [6.45, 7) is 2.83. The summed E-state index contributed by atoms with van der Waals surface area (Å²) < 4.78 is 10.4. The number of methoxy groups -OCH3 is 2. The van der Waals surface area contributed by atoms with Crippen molar-refractivity contribution in [2.45, 2.75) is 19.3 Å². The maximum Gasteiger partial charge on any atom is 0.224 e. The van der Waals surface area contributed by atoms with E-state index in [-0.39, 0.29) is 24.7 Å². The SMILES string of the molecule is COc1cc(NC(=O)CCC(=O)N2CCCN(c3nc4cccnc4s3)CC2)cc(OC)c1. The average molecular weight is 470 g/mol. The third-order valence-corrected chi connectivity index (χ3v) is 6.52. The summed E-state index contributed by atoms with van der Waals surface area (Å²) in [6.07, 6.45) is 2.90. The summed E-state index contributed by atoms with van der Waals surface area (Å²) in [5, 5.41) is 3.75. The number of carbonyl (C=O) groups excluding carboxylic acids is 2. The van der Waals surface area contributed by atoms with Crippen LogP contribution in [-0.2, 0) is 9.59 Å². The minimum Gasteiger partial charge on any atom is -0.497 e. The number of thiazole rings is 1. The van der Waals surface area contributed by atoms with E-state index in [2.05, 4.69) is 20.2 Å². The molecule has 1 aliphatic rings. The monoisotopic (exact) mass is 469 g/mol. The number of nitrogens with one attached hydrogen (secondary N) is 1. The summed E-state index contributed by atoms with van der Waals surface area (Å²) in [7, 11) is 3.10. The fraction of sp³-hybridized carbons (Fsp3) is 0.391. The molecule has 9 nitrogen and oxygen atoms in total. The molecule has 0 radical (unpaired) electrons. The Hall–Kier alpha value is -3.40. The van der Waals surface area contributed by atoms with Crippen LogP contribution in [0.5, 0.6) is 11.5 Å². The first kappa shape index (κ1) is 22.8. The number of nitrogens with zero attached hydrogens (tertiary/aromatic N) is 4. The van der Waals surface area contributed by atoms with Gasteiger partial charge in [-0.1, -0.05) is 11.3 Å². The number of amides is 2. The van der Waals surface area contributed by atoms with E-state index in [0.29, 0.717) is 36.8 Å².